The molecule has 0 aliphatic carbocycles. The second-order valence-electron chi connectivity index (χ2n) is 6.68. The highest BCUT2D eigenvalue weighted by atomic mass is 16.5. The summed E-state index contributed by atoms with van der Waals surface area (Å²) in [7, 11) is 3.91. The third kappa shape index (κ3) is 3.66. The van der Waals surface area contributed by atoms with Crippen molar-refractivity contribution < 1.29 is 9.53 Å². The molecule has 0 spiro atoms. The van der Waals surface area contributed by atoms with Gasteiger partial charge in [-0.25, -0.2) is 4.98 Å². The number of carbonyl (C=O) groups excluding carboxylic acids is 1. The molecule has 1 atom stereocenters. The van der Waals surface area contributed by atoms with Crippen molar-refractivity contribution >= 4 is 11.7 Å². The summed E-state index contributed by atoms with van der Waals surface area (Å²) >= 11 is 0. The number of pyridine rings is 1. The number of hydrogen-bond acceptors (Lipinski definition) is 5. The van der Waals surface area contributed by atoms with Gasteiger partial charge in [-0.1, -0.05) is 6.07 Å². The number of ether oxygens (including phenoxy) is 1. The number of rotatable bonds is 4. The standard InChI is InChI=1S/C18H25N5O2/c1-13(2)23-15(8-9-19-23)18(24)22-10-11-25-16(12-22)14-6-5-7-17(20-14)21(3)4/h5-9,13,16H,10-12H2,1-4H3/t16-/m0/s1. The molecule has 0 N–H and O–H groups in total. The number of aromatic nitrogens is 3. The number of hydrogen-bond donors (Lipinski definition) is 0. The molecule has 25 heavy (non-hydrogen) atoms. The van der Waals surface area contributed by atoms with E-state index in [1.165, 1.54) is 0 Å². The second-order valence-corrected chi connectivity index (χ2v) is 6.68. The van der Waals surface area contributed by atoms with Crippen LogP contribution in [0.5, 0.6) is 0 Å². The van der Waals surface area contributed by atoms with Gasteiger partial charge in [-0.05, 0) is 32.0 Å². The van der Waals surface area contributed by atoms with Gasteiger partial charge in [0.25, 0.3) is 5.91 Å². The average molecular weight is 343 g/mol. The van der Waals surface area contributed by atoms with Gasteiger partial charge in [0.05, 0.1) is 18.8 Å². The lowest BCUT2D eigenvalue weighted by Gasteiger charge is -2.33. The Kier molecular flexibility index (Phi) is 5.03. The first kappa shape index (κ1) is 17.4. The van der Waals surface area contributed by atoms with Crippen LogP contribution in [0.2, 0.25) is 0 Å². The highest BCUT2D eigenvalue weighted by Crippen LogP contribution is 2.24. The molecular formula is C18H25N5O2. The van der Waals surface area contributed by atoms with Gasteiger partial charge in [-0.2, -0.15) is 5.10 Å². The monoisotopic (exact) mass is 343 g/mol. The molecule has 7 nitrogen and oxygen atoms in total. The predicted octanol–water partition coefficient (Wildman–Crippen LogP) is 2.14. The second kappa shape index (κ2) is 7.23. The molecule has 3 heterocycles. The van der Waals surface area contributed by atoms with E-state index in [9.17, 15) is 4.79 Å². The Balaban J connectivity index is 1.78. The van der Waals surface area contributed by atoms with Gasteiger partial charge in [0, 0.05) is 32.9 Å². The Hall–Kier alpha value is -2.41. The molecule has 134 valence electrons. The van der Waals surface area contributed by atoms with E-state index in [-0.39, 0.29) is 18.1 Å². The highest BCUT2D eigenvalue weighted by Gasteiger charge is 2.29. The van der Waals surface area contributed by atoms with Crippen molar-refractivity contribution in [3.05, 3.63) is 41.9 Å². The number of nitrogens with zero attached hydrogens (tertiary/aromatic N) is 5. The van der Waals surface area contributed by atoms with Crippen molar-refractivity contribution in [2.45, 2.75) is 26.0 Å². The first-order chi connectivity index (χ1) is 12.0. The first-order valence-electron chi connectivity index (χ1n) is 8.56. The smallest absolute Gasteiger partial charge is 0.272 e. The minimum absolute atomic E-state index is 0.0109. The maximum absolute atomic E-state index is 12.9. The van der Waals surface area contributed by atoms with E-state index in [4.69, 9.17) is 4.74 Å². The van der Waals surface area contributed by atoms with E-state index < -0.39 is 0 Å². The zero-order valence-electron chi connectivity index (χ0n) is 15.2. The Morgan fingerprint density at radius 1 is 1.32 bits per heavy atom. The van der Waals surface area contributed by atoms with E-state index >= 15 is 0 Å². The van der Waals surface area contributed by atoms with Crippen LogP contribution in [0.4, 0.5) is 5.82 Å². The van der Waals surface area contributed by atoms with Crippen LogP contribution in [-0.2, 0) is 4.74 Å². The van der Waals surface area contributed by atoms with E-state index in [1.807, 2.05) is 55.9 Å². The van der Waals surface area contributed by atoms with Gasteiger partial charge < -0.3 is 14.5 Å². The number of morpholine rings is 1. The highest BCUT2D eigenvalue weighted by molar-refractivity contribution is 5.92. The summed E-state index contributed by atoms with van der Waals surface area (Å²) in [5.74, 6) is 0.866. The van der Waals surface area contributed by atoms with Gasteiger partial charge in [0.1, 0.15) is 17.6 Å². The Morgan fingerprint density at radius 3 is 2.84 bits per heavy atom. The zero-order valence-corrected chi connectivity index (χ0v) is 15.2. The maximum Gasteiger partial charge on any atom is 0.272 e. The fourth-order valence-electron chi connectivity index (χ4n) is 2.94. The van der Waals surface area contributed by atoms with Crippen molar-refractivity contribution in [3.8, 4) is 0 Å². The van der Waals surface area contributed by atoms with E-state index in [0.29, 0.717) is 25.4 Å². The third-order valence-corrected chi connectivity index (χ3v) is 4.28. The van der Waals surface area contributed by atoms with Crippen LogP contribution < -0.4 is 4.90 Å². The summed E-state index contributed by atoms with van der Waals surface area (Å²) in [6.45, 7) is 5.60. The van der Waals surface area contributed by atoms with Gasteiger partial charge in [0.15, 0.2) is 0 Å². The van der Waals surface area contributed by atoms with E-state index in [2.05, 4.69) is 10.1 Å². The molecule has 3 rings (SSSR count). The largest absolute Gasteiger partial charge is 0.368 e. The number of amides is 1. The van der Waals surface area contributed by atoms with Crippen molar-refractivity contribution in [2.75, 3.05) is 38.7 Å². The third-order valence-electron chi connectivity index (χ3n) is 4.28. The Morgan fingerprint density at radius 2 is 2.12 bits per heavy atom. The maximum atomic E-state index is 12.9. The molecular weight excluding hydrogens is 318 g/mol. The van der Waals surface area contributed by atoms with Gasteiger partial charge in [0.2, 0.25) is 0 Å². The summed E-state index contributed by atoms with van der Waals surface area (Å²) in [6.07, 6.45) is 1.46. The van der Waals surface area contributed by atoms with Crippen molar-refractivity contribution in [2.24, 2.45) is 0 Å². The molecule has 1 aliphatic rings. The molecule has 0 radical (unpaired) electrons. The molecule has 0 saturated carbocycles. The van der Waals surface area contributed by atoms with Crippen LogP contribution in [0.15, 0.2) is 30.5 Å². The summed E-state index contributed by atoms with van der Waals surface area (Å²) in [6, 6.07) is 7.79. The van der Waals surface area contributed by atoms with Crippen LogP contribution in [-0.4, -0.2) is 59.4 Å². The van der Waals surface area contributed by atoms with Gasteiger partial charge >= 0.3 is 0 Å². The zero-order chi connectivity index (χ0) is 18.0. The topological polar surface area (TPSA) is 63.5 Å². The van der Waals surface area contributed by atoms with E-state index in [0.717, 1.165) is 11.5 Å². The number of anilines is 1. The molecule has 1 aliphatic heterocycles. The van der Waals surface area contributed by atoms with Crippen LogP contribution in [0.1, 0.15) is 42.2 Å². The fourth-order valence-corrected chi connectivity index (χ4v) is 2.94. The predicted molar refractivity (Wildman–Crippen MR) is 95.8 cm³/mol. The lowest BCUT2D eigenvalue weighted by molar-refractivity contribution is -0.0251. The molecule has 1 fully saturated rings. The van der Waals surface area contributed by atoms with Gasteiger partial charge in [-0.15, -0.1) is 0 Å². The van der Waals surface area contributed by atoms with E-state index in [1.54, 1.807) is 16.9 Å². The minimum Gasteiger partial charge on any atom is -0.368 e. The number of carbonyl (C=O) groups is 1. The molecule has 0 bridgehead atoms. The first-order valence-corrected chi connectivity index (χ1v) is 8.56. The van der Waals surface area contributed by atoms with Crippen molar-refractivity contribution in [1.82, 2.24) is 19.7 Å². The van der Waals surface area contributed by atoms with Crippen LogP contribution >= 0.6 is 0 Å². The fraction of sp³-hybridized carbons (Fsp3) is 0.500. The molecule has 1 amide bonds. The SMILES string of the molecule is CC(C)n1nccc1C(=O)N1CCO[C@H](c2cccc(N(C)C)n2)C1. The molecule has 1 saturated heterocycles. The Labute approximate surface area is 148 Å². The molecule has 2 aromatic rings. The summed E-state index contributed by atoms with van der Waals surface area (Å²) in [5.41, 5.74) is 1.46. The minimum atomic E-state index is -0.215. The summed E-state index contributed by atoms with van der Waals surface area (Å²) < 4.78 is 7.64. The molecule has 7 heteroatoms. The normalized spacial score (nSPS) is 17.8. The average Bonchev–Trinajstić information content (AvgIpc) is 3.11. The quantitative estimate of drug-likeness (QED) is 0.851. The molecule has 2 aromatic heterocycles. The lowest BCUT2D eigenvalue weighted by Crippen LogP contribution is -2.43. The van der Waals surface area contributed by atoms with Crippen LogP contribution in [0.25, 0.3) is 0 Å². The van der Waals surface area contributed by atoms with Crippen LogP contribution in [0.3, 0.4) is 0 Å². The van der Waals surface area contributed by atoms with Gasteiger partial charge in [-0.3, -0.25) is 9.48 Å². The summed E-state index contributed by atoms with van der Waals surface area (Å²) in [5, 5.41) is 4.26. The molecule has 0 unspecified atom stereocenters. The lowest BCUT2D eigenvalue weighted by atomic mass is 10.1. The summed E-state index contributed by atoms with van der Waals surface area (Å²) in [4.78, 5) is 21.3. The Bertz CT molecular complexity index is 741. The molecule has 0 aromatic carbocycles. The van der Waals surface area contributed by atoms with Crippen molar-refractivity contribution in [1.29, 1.82) is 0 Å². The van der Waals surface area contributed by atoms with Crippen LogP contribution in [0, 0.1) is 0 Å². The van der Waals surface area contributed by atoms with Crippen molar-refractivity contribution in [3.63, 3.8) is 0 Å².